The number of hydrogen-bond acceptors (Lipinski definition) is 9. The second kappa shape index (κ2) is 12.6. The van der Waals surface area contributed by atoms with Crippen LogP contribution in [-0.2, 0) is 33.6 Å². The third-order valence-corrected chi connectivity index (χ3v) is 8.84. The third kappa shape index (κ3) is 7.22. The van der Waals surface area contributed by atoms with Gasteiger partial charge in [0.15, 0.2) is 5.52 Å². The lowest BCUT2D eigenvalue weighted by atomic mass is 10.1. The van der Waals surface area contributed by atoms with Crippen molar-refractivity contribution in [2.45, 2.75) is 38.5 Å². The van der Waals surface area contributed by atoms with E-state index in [-0.39, 0.29) is 22.0 Å². The molecule has 0 amide bonds. The molecular weight excluding hydrogens is 548 g/mol. The van der Waals surface area contributed by atoms with Gasteiger partial charge < -0.3 is 14.6 Å². The van der Waals surface area contributed by atoms with Crippen molar-refractivity contribution in [1.29, 1.82) is 0 Å². The highest BCUT2D eigenvalue weighted by Gasteiger charge is 2.29. The van der Waals surface area contributed by atoms with Gasteiger partial charge in [0.1, 0.15) is 17.1 Å². The summed E-state index contributed by atoms with van der Waals surface area (Å²) in [7, 11) is -3.67. The molecule has 1 aromatic carbocycles. The average molecular weight is 585 g/mol. The highest BCUT2D eigenvalue weighted by molar-refractivity contribution is 7.89. The van der Waals surface area contributed by atoms with Gasteiger partial charge in [0.05, 0.1) is 28.5 Å². The fourth-order valence-corrected chi connectivity index (χ4v) is 5.54. The molecule has 1 aliphatic heterocycles. The van der Waals surface area contributed by atoms with E-state index in [4.69, 9.17) is 14.3 Å². The van der Waals surface area contributed by atoms with Crippen molar-refractivity contribution in [2.24, 2.45) is 7.05 Å². The number of rotatable bonds is 8. The number of hydrogen-bond donors (Lipinski definition) is 2. The summed E-state index contributed by atoms with van der Waals surface area (Å²) in [6.07, 6.45) is 1.54. The van der Waals surface area contributed by atoms with Crippen LogP contribution in [0.4, 0.5) is 0 Å². The van der Waals surface area contributed by atoms with E-state index in [1.54, 1.807) is 25.2 Å². The van der Waals surface area contributed by atoms with E-state index in [0.717, 1.165) is 12.1 Å². The fourth-order valence-electron chi connectivity index (χ4n) is 4.09. The van der Waals surface area contributed by atoms with E-state index in [1.165, 1.54) is 15.9 Å². The molecule has 2 N–H and O–H groups in total. The van der Waals surface area contributed by atoms with Crippen molar-refractivity contribution >= 4 is 31.2 Å². The molecule has 15 heteroatoms. The van der Waals surface area contributed by atoms with Gasteiger partial charge in [-0.1, -0.05) is 13.3 Å². The van der Waals surface area contributed by atoms with Crippen LogP contribution in [-0.4, -0.2) is 95.9 Å². The van der Waals surface area contributed by atoms with Gasteiger partial charge in [0.25, 0.3) is 15.7 Å². The van der Waals surface area contributed by atoms with Crippen LogP contribution in [0.3, 0.4) is 0 Å². The highest BCUT2D eigenvalue weighted by Crippen LogP contribution is 2.32. The molecule has 3 aromatic rings. The summed E-state index contributed by atoms with van der Waals surface area (Å²) in [5.74, 6) is 0.516. The maximum Gasteiger partial charge on any atom is 0.277 e. The molecule has 0 aliphatic carbocycles. The number of aromatic amines is 1. The average Bonchev–Trinajstić information content (AvgIpc) is 3.20. The molecule has 0 spiro atoms. The number of ether oxygens (including phenoxy) is 1. The van der Waals surface area contributed by atoms with E-state index < -0.39 is 20.1 Å². The van der Waals surface area contributed by atoms with Crippen molar-refractivity contribution in [3.8, 4) is 17.1 Å². The maximum absolute atomic E-state index is 13.3. The van der Waals surface area contributed by atoms with E-state index >= 15 is 0 Å². The van der Waals surface area contributed by atoms with Gasteiger partial charge in [-0.2, -0.15) is 17.8 Å². The molecule has 13 nitrogen and oxygen atoms in total. The zero-order valence-electron chi connectivity index (χ0n) is 22.8. The number of sulfonamides is 1. The van der Waals surface area contributed by atoms with E-state index in [2.05, 4.69) is 15.0 Å². The minimum atomic E-state index is -3.70. The molecule has 39 heavy (non-hydrogen) atoms. The maximum atomic E-state index is 13.3. The Hall–Kier alpha value is -2.85. The van der Waals surface area contributed by atoms with Gasteiger partial charge in [-0.3, -0.25) is 14.0 Å². The summed E-state index contributed by atoms with van der Waals surface area (Å²) >= 11 is 0. The predicted octanol–water partition coefficient (Wildman–Crippen LogP) is 1.51. The van der Waals surface area contributed by atoms with Crippen LogP contribution in [0.25, 0.3) is 22.4 Å². The molecule has 1 saturated heterocycles. The van der Waals surface area contributed by atoms with Crippen LogP contribution in [0.2, 0.25) is 0 Å². The molecule has 0 atom stereocenters. The molecule has 1 aliphatic rings. The molecule has 0 radical (unpaired) electrons. The number of aromatic nitrogens is 4. The van der Waals surface area contributed by atoms with Gasteiger partial charge in [0, 0.05) is 33.2 Å². The van der Waals surface area contributed by atoms with E-state index in [1.807, 2.05) is 20.9 Å². The molecule has 216 valence electrons. The van der Waals surface area contributed by atoms with Crippen LogP contribution in [0.15, 0.2) is 27.9 Å². The lowest BCUT2D eigenvalue weighted by Gasteiger charge is -2.31. The predicted molar refractivity (Wildman–Crippen MR) is 148 cm³/mol. The Balaban J connectivity index is 0.000000631. The van der Waals surface area contributed by atoms with Crippen molar-refractivity contribution in [3.63, 3.8) is 0 Å². The lowest BCUT2D eigenvalue weighted by Crippen LogP contribution is -2.47. The minimum absolute atomic E-state index is 0.147. The zero-order valence-corrected chi connectivity index (χ0v) is 24.5. The zero-order chi connectivity index (χ0) is 29.0. The Kier molecular flexibility index (Phi) is 9.88. The monoisotopic (exact) mass is 584 g/mol. The Morgan fingerprint density at radius 3 is 2.26 bits per heavy atom. The number of aryl methyl sites for hydroxylation is 2. The van der Waals surface area contributed by atoms with Crippen molar-refractivity contribution in [2.75, 3.05) is 45.6 Å². The molecular formula is C24H36N6O7S2. The van der Waals surface area contributed by atoms with Gasteiger partial charge in [-0.05, 0) is 45.5 Å². The van der Waals surface area contributed by atoms with Gasteiger partial charge in [0.2, 0.25) is 10.0 Å². The molecule has 1 fully saturated rings. The van der Waals surface area contributed by atoms with Crippen molar-refractivity contribution < 1.29 is 26.1 Å². The van der Waals surface area contributed by atoms with Crippen molar-refractivity contribution in [1.82, 2.24) is 29.0 Å². The Labute approximate surface area is 228 Å². The normalized spacial score (nSPS) is 15.2. The summed E-state index contributed by atoms with van der Waals surface area (Å²) in [5, 5.41) is 4.45. The SMILES string of the molecule is CCCc1nn(C)c2c(=O)[nH]c(-c3cc(S(=O)(=O)N4CCN(C)CC4)ccc3OCC)nc12.CCS(=O)(=O)O. The first kappa shape index (κ1) is 30.7. The first-order valence-electron chi connectivity index (χ1n) is 12.7. The van der Waals surface area contributed by atoms with E-state index in [0.29, 0.717) is 61.6 Å². The van der Waals surface area contributed by atoms with Crippen LogP contribution < -0.4 is 10.3 Å². The summed E-state index contributed by atoms with van der Waals surface area (Å²) < 4.78 is 62.4. The summed E-state index contributed by atoms with van der Waals surface area (Å²) in [6, 6.07) is 4.71. The molecule has 0 unspecified atom stereocenters. The molecule has 3 heterocycles. The fraction of sp³-hybridized carbons (Fsp3) is 0.542. The van der Waals surface area contributed by atoms with Crippen LogP contribution in [0.5, 0.6) is 5.75 Å². The summed E-state index contributed by atoms with van der Waals surface area (Å²) in [6.45, 7) is 7.85. The standard InChI is InChI=1S/C22H30N6O4S.C2H6O3S/c1-5-7-17-19-20(27(4)25-17)22(29)24-21(23-19)16-14-15(8-9-18(16)32-6-2)33(30,31)28-12-10-26(3)11-13-28;1-2-6(3,4)5/h8-9,14H,5-7,10-13H2,1-4H3,(H,23,24,29);2H2,1H3,(H,3,4,5). The smallest absolute Gasteiger partial charge is 0.277 e. The quantitative estimate of drug-likeness (QED) is 0.370. The van der Waals surface area contributed by atoms with Crippen LogP contribution >= 0.6 is 0 Å². The topological polar surface area (TPSA) is 168 Å². The number of H-pyrrole nitrogens is 1. The van der Waals surface area contributed by atoms with Gasteiger partial charge in [-0.15, -0.1) is 0 Å². The lowest BCUT2D eigenvalue weighted by molar-refractivity contribution is 0.222. The Morgan fingerprint density at radius 2 is 1.69 bits per heavy atom. The second-order valence-electron chi connectivity index (χ2n) is 9.10. The highest BCUT2D eigenvalue weighted by atomic mass is 32.2. The van der Waals surface area contributed by atoms with Crippen LogP contribution in [0.1, 0.15) is 32.9 Å². The minimum Gasteiger partial charge on any atom is -0.493 e. The van der Waals surface area contributed by atoms with Gasteiger partial charge >= 0.3 is 0 Å². The number of nitrogens with zero attached hydrogens (tertiary/aromatic N) is 5. The second-order valence-corrected chi connectivity index (χ2v) is 12.8. The third-order valence-electron chi connectivity index (χ3n) is 6.22. The molecule has 0 bridgehead atoms. The van der Waals surface area contributed by atoms with E-state index in [9.17, 15) is 21.6 Å². The number of benzene rings is 1. The molecule has 0 saturated carbocycles. The first-order valence-corrected chi connectivity index (χ1v) is 15.7. The Morgan fingerprint density at radius 1 is 1.05 bits per heavy atom. The summed E-state index contributed by atoms with van der Waals surface area (Å²) in [4.78, 5) is 22.7. The number of fused-ring (bicyclic) bond motifs is 1. The largest absolute Gasteiger partial charge is 0.493 e. The van der Waals surface area contributed by atoms with Crippen LogP contribution in [0, 0.1) is 0 Å². The summed E-state index contributed by atoms with van der Waals surface area (Å²) in [5.41, 5.74) is 1.75. The molecule has 2 aromatic heterocycles. The number of likely N-dealkylation sites (N-methyl/N-ethyl adjacent to an activating group) is 1. The van der Waals surface area contributed by atoms with Crippen molar-refractivity contribution in [3.05, 3.63) is 34.2 Å². The Bertz CT molecular complexity index is 1570. The number of piperazine rings is 1. The number of nitrogens with one attached hydrogen (secondary N) is 1. The first-order chi connectivity index (χ1) is 18.3. The molecule has 4 rings (SSSR count). The van der Waals surface area contributed by atoms with Gasteiger partial charge in [-0.25, -0.2) is 13.4 Å².